The van der Waals surface area contributed by atoms with E-state index >= 15 is 0 Å². The maximum atomic E-state index is 12.4. The lowest BCUT2D eigenvalue weighted by atomic mass is 10.1. The van der Waals surface area contributed by atoms with Gasteiger partial charge in [-0.05, 0) is 43.9 Å². The van der Waals surface area contributed by atoms with Crippen molar-refractivity contribution in [1.29, 1.82) is 0 Å². The number of benzene rings is 1. The maximum Gasteiger partial charge on any atom is 0.226 e. The summed E-state index contributed by atoms with van der Waals surface area (Å²) in [5.41, 5.74) is 2.83. The molecule has 146 valence electrons. The van der Waals surface area contributed by atoms with Crippen molar-refractivity contribution in [3.63, 3.8) is 0 Å². The molecule has 0 fully saturated rings. The molecule has 0 aliphatic heterocycles. The van der Waals surface area contributed by atoms with Gasteiger partial charge in [0.05, 0.1) is 25.3 Å². The van der Waals surface area contributed by atoms with Gasteiger partial charge in [-0.3, -0.25) is 9.78 Å². The number of hydrogen-bond donors (Lipinski definition) is 1. The number of methoxy groups -OCH3 is 1. The Hall–Kier alpha value is -2.77. The molecule has 3 aromatic rings. The number of carbonyl (C=O) groups excluding carboxylic acids is 1. The zero-order chi connectivity index (χ0) is 19.9. The zero-order valence-corrected chi connectivity index (χ0v) is 17.1. The monoisotopic (exact) mass is 396 g/mol. The van der Waals surface area contributed by atoms with E-state index in [0.29, 0.717) is 6.54 Å². The maximum absolute atomic E-state index is 12.4. The predicted octanol–water partition coefficient (Wildman–Crippen LogP) is 3.18. The highest BCUT2D eigenvalue weighted by molar-refractivity contribution is 7.13. The molecular formula is C21H24N4O2S. The second-order valence-electron chi connectivity index (χ2n) is 6.62. The highest BCUT2D eigenvalue weighted by atomic mass is 32.1. The molecule has 0 bridgehead atoms. The first-order valence-corrected chi connectivity index (χ1v) is 9.86. The molecule has 0 aliphatic rings. The average molecular weight is 397 g/mol. The normalized spacial score (nSPS) is 12.0. The number of thiazole rings is 1. The minimum absolute atomic E-state index is 0.0437. The number of likely N-dealkylation sites (N-methyl/N-ethyl adjacent to an activating group) is 1. The van der Waals surface area contributed by atoms with Crippen LogP contribution < -0.4 is 10.1 Å². The number of carbonyl (C=O) groups is 1. The molecule has 0 saturated heterocycles. The Morgan fingerprint density at radius 2 is 2.14 bits per heavy atom. The first-order chi connectivity index (χ1) is 13.6. The van der Waals surface area contributed by atoms with Gasteiger partial charge in [0.1, 0.15) is 10.8 Å². The fraction of sp³-hybridized carbons (Fsp3) is 0.286. The summed E-state index contributed by atoms with van der Waals surface area (Å²) in [6.07, 6.45) is 3.77. The van der Waals surface area contributed by atoms with Crippen LogP contribution in [0.25, 0.3) is 10.6 Å². The summed E-state index contributed by atoms with van der Waals surface area (Å²) in [7, 11) is 5.65. The van der Waals surface area contributed by atoms with Gasteiger partial charge in [0.2, 0.25) is 5.91 Å². The van der Waals surface area contributed by atoms with E-state index in [9.17, 15) is 4.79 Å². The second kappa shape index (κ2) is 9.43. The number of rotatable bonds is 8. The van der Waals surface area contributed by atoms with Crippen LogP contribution in [-0.2, 0) is 11.2 Å². The summed E-state index contributed by atoms with van der Waals surface area (Å²) >= 11 is 1.52. The quantitative estimate of drug-likeness (QED) is 0.633. The molecule has 1 aromatic carbocycles. The van der Waals surface area contributed by atoms with Crippen molar-refractivity contribution < 1.29 is 9.53 Å². The van der Waals surface area contributed by atoms with Crippen LogP contribution in [0.2, 0.25) is 0 Å². The highest BCUT2D eigenvalue weighted by Crippen LogP contribution is 2.24. The number of hydrogen-bond acceptors (Lipinski definition) is 6. The van der Waals surface area contributed by atoms with Gasteiger partial charge >= 0.3 is 0 Å². The van der Waals surface area contributed by atoms with E-state index in [1.165, 1.54) is 11.3 Å². The molecule has 1 atom stereocenters. The molecular weight excluding hydrogens is 372 g/mol. The van der Waals surface area contributed by atoms with Crippen LogP contribution in [0.4, 0.5) is 0 Å². The Labute approximate surface area is 169 Å². The Kier molecular flexibility index (Phi) is 6.73. The van der Waals surface area contributed by atoms with E-state index in [1.54, 1.807) is 19.5 Å². The summed E-state index contributed by atoms with van der Waals surface area (Å²) in [6, 6.07) is 11.8. The number of ether oxygens (including phenoxy) is 1. The van der Waals surface area contributed by atoms with Gasteiger partial charge in [-0.2, -0.15) is 0 Å². The lowest BCUT2D eigenvalue weighted by molar-refractivity contribution is -0.120. The van der Waals surface area contributed by atoms with Crippen LogP contribution in [0, 0.1) is 0 Å². The fourth-order valence-electron chi connectivity index (χ4n) is 2.89. The fourth-order valence-corrected chi connectivity index (χ4v) is 3.71. The number of nitrogens with zero attached hydrogens (tertiary/aromatic N) is 3. The molecule has 2 heterocycles. The Bertz CT molecular complexity index is 912. The standard InChI is InChI=1S/C21H24N4O2S/c1-25(2)19(15-6-4-8-18(10-15)27-3)13-23-20(26)11-17-14-28-21(24-17)16-7-5-9-22-12-16/h4-10,12,14,19H,11,13H2,1-3H3,(H,23,26). The van der Waals surface area contributed by atoms with E-state index in [1.807, 2.05) is 55.9 Å². The predicted molar refractivity (Wildman–Crippen MR) is 111 cm³/mol. The lowest BCUT2D eigenvalue weighted by Gasteiger charge is -2.25. The summed E-state index contributed by atoms with van der Waals surface area (Å²) in [5.74, 6) is 0.763. The third-order valence-corrected chi connectivity index (χ3v) is 5.34. The van der Waals surface area contributed by atoms with Crippen molar-refractivity contribution in [2.75, 3.05) is 27.7 Å². The molecule has 1 unspecified atom stereocenters. The van der Waals surface area contributed by atoms with Crippen molar-refractivity contribution in [3.8, 4) is 16.3 Å². The summed E-state index contributed by atoms with van der Waals surface area (Å²) < 4.78 is 5.31. The summed E-state index contributed by atoms with van der Waals surface area (Å²) in [6.45, 7) is 0.513. The van der Waals surface area contributed by atoms with Crippen LogP contribution in [0.3, 0.4) is 0 Å². The lowest BCUT2D eigenvalue weighted by Crippen LogP contribution is -2.35. The first-order valence-electron chi connectivity index (χ1n) is 8.98. The van der Waals surface area contributed by atoms with Crippen LogP contribution in [0.1, 0.15) is 17.3 Å². The van der Waals surface area contributed by atoms with Gasteiger partial charge in [-0.15, -0.1) is 11.3 Å². The van der Waals surface area contributed by atoms with Crippen LogP contribution in [0.15, 0.2) is 54.2 Å². The Morgan fingerprint density at radius 1 is 1.29 bits per heavy atom. The number of nitrogens with one attached hydrogen (secondary N) is 1. The van der Waals surface area contributed by atoms with Crippen molar-refractivity contribution in [2.45, 2.75) is 12.5 Å². The minimum atomic E-state index is -0.0437. The molecule has 2 aromatic heterocycles. The molecule has 0 radical (unpaired) electrons. The molecule has 1 N–H and O–H groups in total. The number of aromatic nitrogens is 2. The molecule has 3 rings (SSSR count). The third kappa shape index (κ3) is 5.15. The van der Waals surface area contributed by atoms with Gasteiger partial charge < -0.3 is 15.0 Å². The topological polar surface area (TPSA) is 67.3 Å². The third-order valence-electron chi connectivity index (χ3n) is 4.40. The zero-order valence-electron chi connectivity index (χ0n) is 16.3. The van der Waals surface area contributed by atoms with E-state index < -0.39 is 0 Å². The van der Waals surface area contributed by atoms with Gasteiger partial charge in [-0.1, -0.05) is 12.1 Å². The van der Waals surface area contributed by atoms with E-state index in [0.717, 1.165) is 27.6 Å². The molecule has 6 nitrogen and oxygen atoms in total. The summed E-state index contributed by atoms with van der Waals surface area (Å²) in [5, 5.41) is 5.83. The second-order valence-corrected chi connectivity index (χ2v) is 7.48. The van der Waals surface area contributed by atoms with Crippen molar-refractivity contribution >= 4 is 17.2 Å². The largest absolute Gasteiger partial charge is 0.497 e. The average Bonchev–Trinajstić information content (AvgIpc) is 3.17. The molecule has 1 amide bonds. The molecule has 0 aliphatic carbocycles. The number of amides is 1. The van der Waals surface area contributed by atoms with Gasteiger partial charge in [0.15, 0.2) is 0 Å². The van der Waals surface area contributed by atoms with Crippen LogP contribution in [0.5, 0.6) is 5.75 Å². The minimum Gasteiger partial charge on any atom is -0.497 e. The Morgan fingerprint density at radius 3 is 2.86 bits per heavy atom. The Balaban J connectivity index is 1.60. The van der Waals surface area contributed by atoms with Crippen molar-refractivity contribution in [1.82, 2.24) is 20.2 Å². The van der Waals surface area contributed by atoms with E-state index in [4.69, 9.17) is 4.74 Å². The molecule has 0 saturated carbocycles. The molecule has 0 spiro atoms. The molecule has 7 heteroatoms. The molecule has 28 heavy (non-hydrogen) atoms. The number of pyridine rings is 1. The van der Waals surface area contributed by atoms with E-state index in [-0.39, 0.29) is 18.4 Å². The van der Waals surface area contributed by atoms with E-state index in [2.05, 4.69) is 20.2 Å². The van der Waals surface area contributed by atoms with Crippen LogP contribution in [-0.4, -0.2) is 48.5 Å². The van der Waals surface area contributed by atoms with Gasteiger partial charge in [0.25, 0.3) is 0 Å². The van der Waals surface area contributed by atoms with Gasteiger partial charge in [0, 0.05) is 29.9 Å². The van der Waals surface area contributed by atoms with Crippen molar-refractivity contribution in [2.24, 2.45) is 0 Å². The first kappa shape index (κ1) is 20.0. The summed E-state index contributed by atoms with van der Waals surface area (Å²) in [4.78, 5) is 23.2. The highest BCUT2D eigenvalue weighted by Gasteiger charge is 2.17. The van der Waals surface area contributed by atoms with Crippen molar-refractivity contribution in [3.05, 3.63) is 65.4 Å². The van der Waals surface area contributed by atoms with Crippen LogP contribution >= 0.6 is 11.3 Å². The smallest absolute Gasteiger partial charge is 0.226 e. The van der Waals surface area contributed by atoms with Gasteiger partial charge in [-0.25, -0.2) is 4.98 Å². The SMILES string of the molecule is COc1cccc(C(CNC(=O)Cc2csc(-c3cccnc3)n2)N(C)C)c1.